The third kappa shape index (κ3) is 4.00. The smallest absolute Gasteiger partial charge is 0.422 e. The molecule has 0 bridgehead atoms. The third-order valence-corrected chi connectivity index (χ3v) is 6.24. The molecule has 0 unspecified atom stereocenters. The van der Waals surface area contributed by atoms with E-state index in [0.717, 1.165) is 17.5 Å². The Kier molecular flexibility index (Phi) is 4.92. The number of benzene rings is 1. The Morgan fingerprint density at radius 2 is 2.00 bits per heavy atom. The lowest BCUT2D eigenvalue weighted by Gasteiger charge is -2.12. The Hall–Kier alpha value is -4.48. The molecule has 0 radical (unpaired) electrons. The number of alkyl halides is 3. The fraction of sp³-hybridized carbons (Fsp3) is 0.208. The summed E-state index contributed by atoms with van der Waals surface area (Å²) in [5, 5.41) is 5.68. The Labute approximate surface area is 199 Å². The van der Waals surface area contributed by atoms with Gasteiger partial charge in [0.2, 0.25) is 0 Å². The molecule has 5 aromatic rings. The lowest BCUT2D eigenvalue weighted by molar-refractivity contribution is -0.153. The van der Waals surface area contributed by atoms with Gasteiger partial charge in [-0.25, -0.2) is 14.3 Å². The van der Waals surface area contributed by atoms with Crippen molar-refractivity contribution in [3.05, 3.63) is 87.2 Å². The molecule has 0 spiro atoms. The van der Waals surface area contributed by atoms with Gasteiger partial charge in [0, 0.05) is 41.1 Å². The van der Waals surface area contributed by atoms with Gasteiger partial charge in [-0.15, -0.1) is 0 Å². The van der Waals surface area contributed by atoms with Crippen LogP contribution < -0.4 is 16.0 Å². The summed E-state index contributed by atoms with van der Waals surface area (Å²) in [6.07, 6.45) is 3.79. The molecular formula is C24H17F3N6O3. The molecule has 4 aromatic heterocycles. The lowest BCUT2D eigenvalue weighted by atomic mass is 10.0. The molecule has 36 heavy (non-hydrogen) atoms. The third-order valence-electron chi connectivity index (χ3n) is 6.24. The molecule has 1 aliphatic carbocycles. The molecule has 0 saturated heterocycles. The maximum absolute atomic E-state index is 12.7. The van der Waals surface area contributed by atoms with E-state index in [4.69, 9.17) is 4.74 Å². The van der Waals surface area contributed by atoms with E-state index in [-0.39, 0.29) is 23.1 Å². The molecule has 0 aliphatic heterocycles. The van der Waals surface area contributed by atoms with Crippen molar-refractivity contribution in [2.45, 2.75) is 24.4 Å². The van der Waals surface area contributed by atoms with Gasteiger partial charge in [-0.1, -0.05) is 12.1 Å². The van der Waals surface area contributed by atoms with Crippen LogP contribution in [0.25, 0.3) is 27.7 Å². The number of rotatable bonds is 5. The van der Waals surface area contributed by atoms with Crippen molar-refractivity contribution >= 4 is 16.4 Å². The minimum absolute atomic E-state index is 0.0531. The Balaban J connectivity index is 1.37. The Bertz CT molecular complexity index is 1740. The van der Waals surface area contributed by atoms with Crippen molar-refractivity contribution in [1.29, 1.82) is 0 Å². The zero-order valence-corrected chi connectivity index (χ0v) is 18.4. The molecule has 1 fully saturated rings. The minimum Gasteiger partial charge on any atom is -0.482 e. The number of aromatic nitrogens is 6. The maximum Gasteiger partial charge on any atom is 0.422 e. The van der Waals surface area contributed by atoms with Gasteiger partial charge in [-0.05, 0) is 36.0 Å². The number of hydrogen-bond donors (Lipinski definition) is 2. The number of nitrogens with zero attached hydrogens (tertiary/aromatic N) is 4. The number of pyridine rings is 1. The number of hydrogen-bond acceptors (Lipinski definition) is 6. The highest BCUT2D eigenvalue weighted by atomic mass is 19.4. The molecule has 1 saturated carbocycles. The van der Waals surface area contributed by atoms with Gasteiger partial charge in [0.1, 0.15) is 5.75 Å². The van der Waals surface area contributed by atoms with Crippen LogP contribution in [0, 0.1) is 0 Å². The van der Waals surface area contributed by atoms with Crippen molar-refractivity contribution in [2.24, 2.45) is 0 Å². The zero-order valence-electron chi connectivity index (χ0n) is 18.4. The molecule has 2 atom stereocenters. The SMILES string of the molecule is O=c1[nH]cc(-c2cc([C@@H]3C[C@H]3c3ccc4cncc(OCC(F)(F)F)c4c3)c3nccn3n2)c(=O)[nH]1. The first-order chi connectivity index (χ1) is 17.3. The summed E-state index contributed by atoms with van der Waals surface area (Å²) >= 11 is 0. The van der Waals surface area contributed by atoms with Crippen LogP contribution in [0.4, 0.5) is 13.2 Å². The summed E-state index contributed by atoms with van der Waals surface area (Å²) in [4.78, 5) is 36.8. The van der Waals surface area contributed by atoms with Crippen molar-refractivity contribution in [3.8, 4) is 17.0 Å². The van der Waals surface area contributed by atoms with Gasteiger partial charge in [0.25, 0.3) is 5.56 Å². The van der Waals surface area contributed by atoms with E-state index < -0.39 is 24.0 Å². The van der Waals surface area contributed by atoms with Crippen LogP contribution >= 0.6 is 0 Å². The second kappa shape index (κ2) is 8.04. The molecule has 4 heterocycles. The molecule has 182 valence electrons. The van der Waals surface area contributed by atoms with Crippen LogP contribution in [0.3, 0.4) is 0 Å². The molecule has 2 N–H and O–H groups in total. The second-order valence-electron chi connectivity index (χ2n) is 8.64. The number of imidazole rings is 1. The van der Waals surface area contributed by atoms with Crippen molar-refractivity contribution in [1.82, 2.24) is 29.5 Å². The maximum atomic E-state index is 12.7. The number of H-pyrrole nitrogens is 2. The highest BCUT2D eigenvalue weighted by Gasteiger charge is 2.41. The van der Waals surface area contributed by atoms with Gasteiger partial charge >= 0.3 is 11.9 Å². The summed E-state index contributed by atoms with van der Waals surface area (Å²) < 4.78 is 44.7. The number of aromatic amines is 2. The highest BCUT2D eigenvalue weighted by molar-refractivity contribution is 5.88. The van der Waals surface area contributed by atoms with Crippen LogP contribution in [0.1, 0.15) is 29.4 Å². The first kappa shape index (κ1) is 22.0. The summed E-state index contributed by atoms with van der Waals surface area (Å²) in [6.45, 7) is -1.40. The quantitative estimate of drug-likeness (QED) is 0.386. The lowest BCUT2D eigenvalue weighted by Crippen LogP contribution is -2.23. The van der Waals surface area contributed by atoms with Gasteiger partial charge in [0.15, 0.2) is 12.3 Å². The fourth-order valence-corrected chi connectivity index (χ4v) is 4.51. The molecule has 1 aliphatic rings. The van der Waals surface area contributed by atoms with E-state index in [2.05, 4.69) is 25.0 Å². The van der Waals surface area contributed by atoms with E-state index in [1.165, 1.54) is 12.4 Å². The van der Waals surface area contributed by atoms with E-state index in [0.29, 0.717) is 22.1 Å². The van der Waals surface area contributed by atoms with E-state index >= 15 is 0 Å². The van der Waals surface area contributed by atoms with Gasteiger partial charge in [0.05, 0.1) is 17.5 Å². The van der Waals surface area contributed by atoms with Crippen LogP contribution in [-0.4, -0.2) is 42.3 Å². The van der Waals surface area contributed by atoms with Crippen LogP contribution in [0.15, 0.2) is 64.8 Å². The number of halogens is 3. The fourth-order valence-electron chi connectivity index (χ4n) is 4.51. The minimum atomic E-state index is -4.45. The van der Waals surface area contributed by atoms with Crippen LogP contribution in [-0.2, 0) is 0 Å². The van der Waals surface area contributed by atoms with Crippen molar-refractivity contribution in [3.63, 3.8) is 0 Å². The average molecular weight is 494 g/mol. The largest absolute Gasteiger partial charge is 0.482 e. The normalized spacial score (nSPS) is 17.5. The molecule has 9 nitrogen and oxygen atoms in total. The molecule has 12 heteroatoms. The van der Waals surface area contributed by atoms with E-state index in [9.17, 15) is 22.8 Å². The molecular weight excluding hydrogens is 477 g/mol. The predicted molar refractivity (Wildman–Crippen MR) is 123 cm³/mol. The van der Waals surface area contributed by atoms with Crippen LogP contribution in [0.5, 0.6) is 5.75 Å². The first-order valence-corrected chi connectivity index (χ1v) is 11.0. The monoisotopic (exact) mass is 494 g/mol. The molecule has 6 rings (SSSR count). The number of nitrogens with one attached hydrogen (secondary N) is 2. The van der Waals surface area contributed by atoms with Gasteiger partial charge in [-0.2, -0.15) is 18.3 Å². The summed E-state index contributed by atoms with van der Waals surface area (Å²) in [7, 11) is 0. The summed E-state index contributed by atoms with van der Waals surface area (Å²) in [5.41, 5.74) is 1.90. The zero-order chi connectivity index (χ0) is 25.0. The predicted octanol–water partition coefficient (Wildman–Crippen LogP) is 3.53. The van der Waals surface area contributed by atoms with E-state index in [1.54, 1.807) is 29.2 Å². The average Bonchev–Trinajstić information content (AvgIpc) is 3.49. The topological polar surface area (TPSA) is 118 Å². The van der Waals surface area contributed by atoms with Gasteiger partial charge in [-0.3, -0.25) is 14.8 Å². The number of ether oxygens (including phenoxy) is 1. The molecule has 0 amide bonds. The van der Waals surface area contributed by atoms with E-state index in [1.807, 2.05) is 18.2 Å². The van der Waals surface area contributed by atoms with Crippen molar-refractivity contribution < 1.29 is 17.9 Å². The Morgan fingerprint density at radius 1 is 1.14 bits per heavy atom. The standard InChI is InChI=1S/C24H17F3N6O3/c25-24(26,27)11-36-20-10-28-8-13-2-1-12(5-15(13)20)14-6-16(14)17-7-19(32-33-4-3-29-21(17)33)18-9-30-23(35)31-22(18)34/h1-5,7-10,14,16H,6,11H2,(H2,30,31,34,35)/t14-,16+/m0/s1. The first-order valence-electron chi connectivity index (χ1n) is 11.0. The van der Waals surface area contributed by atoms with Crippen LogP contribution in [0.2, 0.25) is 0 Å². The van der Waals surface area contributed by atoms with Crippen molar-refractivity contribution in [2.75, 3.05) is 6.61 Å². The molecule has 1 aromatic carbocycles. The summed E-state index contributed by atoms with van der Waals surface area (Å²) in [6, 6.07) is 7.37. The number of fused-ring (bicyclic) bond motifs is 2. The Morgan fingerprint density at radius 3 is 2.81 bits per heavy atom. The summed E-state index contributed by atoms with van der Waals surface area (Å²) in [5.74, 6) is 0.211. The van der Waals surface area contributed by atoms with Gasteiger partial charge < -0.3 is 9.72 Å². The highest BCUT2D eigenvalue weighted by Crippen LogP contribution is 2.56. The second-order valence-corrected chi connectivity index (χ2v) is 8.64.